The number of halogens is 2. The molecular formula is C23H27Cl2N5O6S2. The van der Waals surface area contributed by atoms with Gasteiger partial charge < -0.3 is 9.80 Å². The minimum absolute atomic E-state index is 0.0549. The molecule has 0 saturated carbocycles. The summed E-state index contributed by atoms with van der Waals surface area (Å²) in [7, 11) is -8.31. The van der Waals surface area contributed by atoms with E-state index < -0.39 is 50.7 Å². The molecule has 3 unspecified atom stereocenters. The van der Waals surface area contributed by atoms with Gasteiger partial charge in [0.1, 0.15) is 23.1 Å². The molecule has 4 rings (SSSR count). The van der Waals surface area contributed by atoms with Crippen LogP contribution in [0.1, 0.15) is 19.4 Å². The monoisotopic (exact) mass is 603 g/mol. The lowest BCUT2D eigenvalue weighted by molar-refractivity contribution is -0.168. The lowest BCUT2D eigenvalue weighted by Crippen LogP contribution is -2.76. The molecule has 15 heteroatoms. The van der Waals surface area contributed by atoms with Gasteiger partial charge in [0.05, 0.1) is 17.8 Å². The molecule has 2 saturated heterocycles. The second-order valence-electron chi connectivity index (χ2n) is 9.48. The predicted molar refractivity (Wildman–Crippen MR) is 141 cm³/mol. The molecule has 2 fully saturated rings. The zero-order valence-corrected chi connectivity index (χ0v) is 23.9. The van der Waals surface area contributed by atoms with Crippen LogP contribution >= 0.6 is 23.2 Å². The van der Waals surface area contributed by atoms with Gasteiger partial charge >= 0.3 is 0 Å². The van der Waals surface area contributed by atoms with Crippen LogP contribution in [-0.2, 0) is 36.1 Å². The van der Waals surface area contributed by atoms with Crippen molar-refractivity contribution < 1.29 is 26.4 Å². The highest BCUT2D eigenvalue weighted by Gasteiger charge is 2.54. The first kappa shape index (κ1) is 28.7. The van der Waals surface area contributed by atoms with E-state index >= 15 is 0 Å². The van der Waals surface area contributed by atoms with Gasteiger partial charge in [-0.25, -0.2) is 21.6 Å². The van der Waals surface area contributed by atoms with Crippen LogP contribution in [0.4, 0.5) is 0 Å². The van der Waals surface area contributed by atoms with Crippen LogP contribution < -0.4 is 4.72 Å². The van der Waals surface area contributed by atoms with E-state index in [1.54, 1.807) is 38.4 Å². The van der Waals surface area contributed by atoms with Crippen molar-refractivity contribution in [1.29, 1.82) is 0 Å². The molecule has 2 amide bonds. The number of benzene rings is 1. The van der Waals surface area contributed by atoms with Crippen LogP contribution in [0.5, 0.6) is 0 Å². The van der Waals surface area contributed by atoms with E-state index in [2.05, 4.69) is 9.71 Å². The van der Waals surface area contributed by atoms with Gasteiger partial charge in [0.15, 0.2) is 0 Å². The number of carbonyl (C=O) groups excluding carboxylic acids is 2. The standard InChI is InChI=1S/C23H27Cl2N5O6S2/c1-14(2)28-13-21-29(38(35,36)20-7-6-16(24)10-17(20)25)12-18(27-37(3,33)34)22(31)30(21)19(23(28)32)9-15-5-4-8-26-11-15/h4-8,10-11,14,18-19,21,27H,9,12-13H2,1-3H3. The molecule has 0 radical (unpaired) electrons. The van der Waals surface area contributed by atoms with Gasteiger partial charge in [0.2, 0.25) is 31.9 Å². The van der Waals surface area contributed by atoms with Crippen molar-refractivity contribution in [3.8, 4) is 0 Å². The molecule has 0 spiro atoms. The second-order valence-corrected chi connectivity index (χ2v) is 14.0. The Kier molecular flexibility index (Phi) is 8.09. The van der Waals surface area contributed by atoms with Crippen LogP contribution in [-0.4, -0.2) is 91.4 Å². The molecule has 206 valence electrons. The smallest absolute Gasteiger partial charge is 0.246 e. The Labute approximate surface area is 231 Å². The molecule has 3 atom stereocenters. The van der Waals surface area contributed by atoms with Crippen LogP contribution in [0.15, 0.2) is 47.6 Å². The minimum atomic E-state index is -4.39. The second kappa shape index (κ2) is 10.7. The number of aromatic nitrogens is 1. The zero-order valence-electron chi connectivity index (χ0n) is 20.8. The maximum Gasteiger partial charge on any atom is 0.246 e. The SMILES string of the molecule is CC(C)N1CC2N(C(=O)C(NS(C)(=O)=O)CN2S(=O)(=O)c2ccc(Cl)cc2Cl)C(Cc2cccnc2)C1=O. The number of fused-ring (bicyclic) bond motifs is 1. The summed E-state index contributed by atoms with van der Waals surface area (Å²) in [4.78, 5) is 33.9. The van der Waals surface area contributed by atoms with Crippen LogP contribution in [0.3, 0.4) is 0 Å². The first-order valence-electron chi connectivity index (χ1n) is 11.7. The average Bonchev–Trinajstić information content (AvgIpc) is 2.81. The van der Waals surface area contributed by atoms with E-state index in [-0.39, 0.29) is 39.9 Å². The lowest BCUT2D eigenvalue weighted by atomic mass is 9.97. The minimum Gasteiger partial charge on any atom is -0.335 e. The maximum absolute atomic E-state index is 14.0. The number of carbonyl (C=O) groups is 2. The Balaban J connectivity index is 1.87. The van der Waals surface area contributed by atoms with E-state index in [4.69, 9.17) is 23.2 Å². The molecule has 2 aliphatic rings. The van der Waals surface area contributed by atoms with Gasteiger partial charge in [0.25, 0.3) is 0 Å². The van der Waals surface area contributed by atoms with E-state index in [1.807, 2.05) is 0 Å². The molecule has 0 aliphatic carbocycles. The molecule has 1 aromatic heterocycles. The Morgan fingerprint density at radius 2 is 1.79 bits per heavy atom. The number of rotatable bonds is 7. The molecule has 1 aromatic carbocycles. The van der Waals surface area contributed by atoms with Crippen LogP contribution in [0.25, 0.3) is 0 Å². The van der Waals surface area contributed by atoms with E-state index in [0.29, 0.717) is 5.56 Å². The summed E-state index contributed by atoms with van der Waals surface area (Å²) in [6, 6.07) is 4.47. The fourth-order valence-corrected chi connectivity index (χ4v) is 7.80. The Bertz CT molecular complexity index is 1460. The molecular weight excluding hydrogens is 577 g/mol. The number of sulfonamides is 2. The van der Waals surface area contributed by atoms with Crippen LogP contribution in [0.2, 0.25) is 10.0 Å². The Morgan fingerprint density at radius 3 is 2.37 bits per heavy atom. The largest absolute Gasteiger partial charge is 0.335 e. The number of nitrogens with zero attached hydrogens (tertiary/aromatic N) is 4. The van der Waals surface area contributed by atoms with Crippen LogP contribution in [0, 0.1) is 0 Å². The molecule has 1 N–H and O–H groups in total. The van der Waals surface area contributed by atoms with Crippen molar-refractivity contribution in [3.05, 3.63) is 58.3 Å². The summed E-state index contributed by atoms with van der Waals surface area (Å²) < 4.78 is 55.5. The highest BCUT2D eigenvalue weighted by Crippen LogP contribution is 2.35. The zero-order chi connectivity index (χ0) is 28.0. The predicted octanol–water partition coefficient (Wildman–Crippen LogP) is 1.33. The third-order valence-electron chi connectivity index (χ3n) is 6.44. The number of amides is 2. The van der Waals surface area contributed by atoms with Gasteiger partial charge in [-0.1, -0.05) is 29.3 Å². The number of pyridine rings is 1. The highest BCUT2D eigenvalue weighted by atomic mass is 35.5. The summed E-state index contributed by atoms with van der Waals surface area (Å²) >= 11 is 12.2. The fourth-order valence-electron chi connectivity index (χ4n) is 4.77. The molecule has 0 bridgehead atoms. The van der Waals surface area contributed by atoms with E-state index in [9.17, 15) is 26.4 Å². The maximum atomic E-state index is 14.0. The fraction of sp³-hybridized carbons (Fsp3) is 0.435. The van der Waals surface area contributed by atoms with E-state index in [1.165, 1.54) is 28.0 Å². The number of hydrogen-bond donors (Lipinski definition) is 1. The first-order chi connectivity index (χ1) is 17.7. The summed E-state index contributed by atoms with van der Waals surface area (Å²) in [6.07, 6.45) is 2.94. The van der Waals surface area contributed by atoms with Gasteiger partial charge in [-0.3, -0.25) is 14.6 Å². The highest BCUT2D eigenvalue weighted by molar-refractivity contribution is 7.89. The van der Waals surface area contributed by atoms with Crippen molar-refractivity contribution >= 4 is 55.1 Å². The normalized spacial score (nSPS) is 23.2. The Hall–Kier alpha value is -2.29. The van der Waals surface area contributed by atoms with Gasteiger partial charge in [-0.2, -0.15) is 4.31 Å². The number of nitrogens with one attached hydrogen (secondary N) is 1. The quantitative estimate of drug-likeness (QED) is 0.504. The molecule has 38 heavy (non-hydrogen) atoms. The molecule has 2 aliphatic heterocycles. The van der Waals surface area contributed by atoms with Gasteiger partial charge in [-0.15, -0.1) is 0 Å². The summed E-state index contributed by atoms with van der Waals surface area (Å²) in [5.74, 6) is -1.07. The Morgan fingerprint density at radius 1 is 1.08 bits per heavy atom. The third kappa shape index (κ3) is 5.68. The lowest BCUT2D eigenvalue weighted by Gasteiger charge is -2.54. The van der Waals surface area contributed by atoms with Crippen molar-refractivity contribution in [3.63, 3.8) is 0 Å². The summed E-state index contributed by atoms with van der Waals surface area (Å²) in [5, 5.41) is 0.0971. The van der Waals surface area contributed by atoms with Crippen molar-refractivity contribution in [2.45, 2.75) is 49.5 Å². The first-order valence-corrected chi connectivity index (χ1v) is 15.7. The number of piperazine rings is 1. The van der Waals surface area contributed by atoms with Gasteiger partial charge in [-0.05, 0) is 43.7 Å². The molecule has 2 aromatic rings. The molecule has 3 heterocycles. The van der Waals surface area contributed by atoms with Crippen molar-refractivity contribution in [2.75, 3.05) is 19.3 Å². The van der Waals surface area contributed by atoms with Crippen molar-refractivity contribution in [2.24, 2.45) is 0 Å². The summed E-state index contributed by atoms with van der Waals surface area (Å²) in [5.41, 5.74) is 0.649. The molecule has 11 nitrogen and oxygen atoms in total. The van der Waals surface area contributed by atoms with E-state index in [0.717, 1.165) is 10.6 Å². The summed E-state index contributed by atoms with van der Waals surface area (Å²) in [6.45, 7) is 2.99. The average molecular weight is 605 g/mol. The van der Waals surface area contributed by atoms with Crippen molar-refractivity contribution in [1.82, 2.24) is 23.8 Å². The topological polar surface area (TPSA) is 137 Å². The number of hydrogen-bond acceptors (Lipinski definition) is 7. The van der Waals surface area contributed by atoms with Gasteiger partial charge in [0, 0.05) is 36.4 Å². The third-order valence-corrected chi connectivity index (χ3v) is 9.74.